The van der Waals surface area contributed by atoms with E-state index in [4.69, 9.17) is 5.73 Å². The first-order valence-electron chi connectivity index (χ1n) is 7.78. The Kier molecular flexibility index (Phi) is 4.53. The van der Waals surface area contributed by atoms with Gasteiger partial charge in [0.25, 0.3) is 0 Å². The minimum Gasteiger partial charge on any atom is -0.327 e. The first-order chi connectivity index (χ1) is 9.27. The summed E-state index contributed by atoms with van der Waals surface area (Å²) in [6.45, 7) is 9.02. The number of nitrogens with two attached hydrogens (primary N) is 1. The summed E-state index contributed by atoms with van der Waals surface area (Å²) in [5, 5.41) is 0. The summed E-state index contributed by atoms with van der Waals surface area (Å²) >= 11 is 0. The van der Waals surface area contributed by atoms with Gasteiger partial charge in [0.2, 0.25) is 0 Å². The molecule has 112 valence electrons. The van der Waals surface area contributed by atoms with Crippen LogP contribution in [0.2, 0.25) is 0 Å². The van der Waals surface area contributed by atoms with Crippen molar-refractivity contribution in [1.29, 1.82) is 0 Å². The Balaban J connectivity index is 2.12. The summed E-state index contributed by atoms with van der Waals surface area (Å²) in [6, 6.07) is 5.36. The Bertz CT molecular complexity index is 461. The molecule has 0 aliphatic heterocycles. The molecular weight excluding hydrogens is 249 g/mol. The number of benzene rings is 1. The fraction of sp³-hybridized carbons (Fsp3) is 0.667. The van der Waals surface area contributed by atoms with Crippen molar-refractivity contribution in [2.24, 2.45) is 23.0 Å². The van der Waals surface area contributed by atoms with Crippen molar-refractivity contribution in [1.82, 2.24) is 0 Å². The third-order valence-corrected chi connectivity index (χ3v) is 5.06. The van der Waals surface area contributed by atoms with Crippen molar-refractivity contribution in [2.45, 2.75) is 59.4 Å². The van der Waals surface area contributed by atoms with Crippen molar-refractivity contribution in [3.63, 3.8) is 0 Å². The summed E-state index contributed by atoms with van der Waals surface area (Å²) in [5.41, 5.74) is 8.97. The Morgan fingerprint density at radius 3 is 2.60 bits per heavy atom. The molecule has 0 bridgehead atoms. The molecule has 0 amide bonds. The molecule has 1 aliphatic carbocycles. The van der Waals surface area contributed by atoms with Gasteiger partial charge in [-0.15, -0.1) is 0 Å². The lowest BCUT2D eigenvalue weighted by molar-refractivity contribution is 0.126. The second kappa shape index (κ2) is 5.85. The van der Waals surface area contributed by atoms with Crippen LogP contribution in [0.5, 0.6) is 0 Å². The molecule has 20 heavy (non-hydrogen) atoms. The summed E-state index contributed by atoms with van der Waals surface area (Å²) < 4.78 is 13.4. The molecule has 1 aromatic carbocycles. The molecule has 2 rings (SSSR count). The van der Waals surface area contributed by atoms with Crippen LogP contribution in [0.4, 0.5) is 4.39 Å². The summed E-state index contributed by atoms with van der Waals surface area (Å²) in [4.78, 5) is 0. The third-order valence-electron chi connectivity index (χ3n) is 5.06. The molecule has 0 spiro atoms. The van der Waals surface area contributed by atoms with Gasteiger partial charge in [-0.05, 0) is 73.1 Å². The highest BCUT2D eigenvalue weighted by atomic mass is 19.1. The van der Waals surface area contributed by atoms with E-state index >= 15 is 0 Å². The van der Waals surface area contributed by atoms with E-state index in [0.717, 1.165) is 24.3 Å². The zero-order valence-electron chi connectivity index (χ0n) is 13.2. The predicted molar refractivity (Wildman–Crippen MR) is 83.1 cm³/mol. The highest BCUT2D eigenvalue weighted by molar-refractivity contribution is 5.27. The van der Waals surface area contributed by atoms with Gasteiger partial charge in [0.1, 0.15) is 5.82 Å². The van der Waals surface area contributed by atoms with Gasteiger partial charge in [-0.25, -0.2) is 4.39 Å². The van der Waals surface area contributed by atoms with E-state index in [2.05, 4.69) is 27.7 Å². The maximum absolute atomic E-state index is 13.4. The van der Waals surface area contributed by atoms with E-state index in [1.165, 1.54) is 24.5 Å². The Labute approximate surface area is 122 Å². The fourth-order valence-electron chi connectivity index (χ4n) is 3.45. The van der Waals surface area contributed by atoms with E-state index in [0.29, 0.717) is 11.3 Å². The second-order valence-electron chi connectivity index (χ2n) is 7.57. The third kappa shape index (κ3) is 3.60. The number of aryl methyl sites for hydroxylation is 1. The van der Waals surface area contributed by atoms with Crippen molar-refractivity contribution in [3.8, 4) is 0 Å². The number of rotatable bonds is 2. The van der Waals surface area contributed by atoms with Crippen molar-refractivity contribution in [2.75, 3.05) is 0 Å². The zero-order valence-corrected chi connectivity index (χ0v) is 13.2. The number of halogens is 1. The second-order valence-corrected chi connectivity index (χ2v) is 7.57. The van der Waals surface area contributed by atoms with E-state index in [1.54, 1.807) is 6.07 Å². The maximum Gasteiger partial charge on any atom is 0.123 e. The summed E-state index contributed by atoms with van der Waals surface area (Å²) in [6.07, 6.45) is 4.40. The van der Waals surface area contributed by atoms with Gasteiger partial charge in [-0.1, -0.05) is 26.8 Å². The molecule has 0 radical (unpaired) electrons. The molecule has 0 aromatic heterocycles. The lowest BCUT2D eigenvalue weighted by atomic mass is 9.66. The van der Waals surface area contributed by atoms with Crippen LogP contribution in [0.3, 0.4) is 0 Å². The molecule has 0 heterocycles. The van der Waals surface area contributed by atoms with Crippen LogP contribution in [0.25, 0.3) is 0 Å². The largest absolute Gasteiger partial charge is 0.327 e. The van der Waals surface area contributed by atoms with Crippen LogP contribution in [0, 0.1) is 30.0 Å². The smallest absolute Gasteiger partial charge is 0.123 e. The average molecular weight is 277 g/mol. The highest BCUT2D eigenvalue weighted by Gasteiger charge is 2.34. The Morgan fingerprint density at radius 2 is 1.95 bits per heavy atom. The molecule has 1 saturated carbocycles. The van der Waals surface area contributed by atoms with Crippen molar-refractivity contribution >= 4 is 0 Å². The minimum absolute atomic E-state index is 0.137. The van der Waals surface area contributed by atoms with Gasteiger partial charge in [-0.3, -0.25) is 0 Å². The van der Waals surface area contributed by atoms with E-state index in [9.17, 15) is 4.39 Å². The highest BCUT2D eigenvalue weighted by Crippen LogP contribution is 2.41. The van der Waals surface area contributed by atoms with Crippen molar-refractivity contribution in [3.05, 3.63) is 35.1 Å². The van der Waals surface area contributed by atoms with Crippen molar-refractivity contribution < 1.29 is 4.39 Å². The lowest BCUT2D eigenvalue weighted by Crippen LogP contribution is -2.40. The van der Waals surface area contributed by atoms with E-state index in [1.807, 2.05) is 6.07 Å². The van der Waals surface area contributed by atoms with Gasteiger partial charge >= 0.3 is 0 Å². The van der Waals surface area contributed by atoms with Crippen LogP contribution in [-0.4, -0.2) is 6.04 Å². The summed E-state index contributed by atoms with van der Waals surface area (Å²) in [5.74, 6) is 1.07. The summed E-state index contributed by atoms with van der Waals surface area (Å²) in [7, 11) is 0. The Morgan fingerprint density at radius 1 is 1.25 bits per heavy atom. The van der Waals surface area contributed by atoms with Crippen LogP contribution in [0.1, 0.15) is 51.2 Å². The van der Waals surface area contributed by atoms with Crippen LogP contribution in [-0.2, 0) is 6.42 Å². The molecule has 3 unspecified atom stereocenters. The molecule has 1 aliphatic rings. The van der Waals surface area contributed by atoms with E-state index < -0.39 is 0 Å². The van der Waals surface area contributed by atoms with Crippen LogP contribution in [0.15, 0.2) is 18.2 Å². The molecular formula is C18H28FN. The van der Waals surface area contributed by atoms with Gasteiger partial charge in [-0.2, -0.15) is 0 Å². The zero-order chi connectivity index (χ0) is 14.9. The molecule has 2 N–H and O–H groups in total. The fourth-order valence-corrected chi connectivity index (χ4v) is 3.45. The maximum atomic E-state index is 13.4. The molecule has 1 nitrogen and oxygen atoms in total. The van der Waals surface area contributed by atoms with Gasteiger partial charge in [0, 0.05) is 6.04 Å². The van der Waals surface area contributed by atoms with Crippen LogP contribution >= 0.6 is 0 Å². The first kappa shape index (κ1) is 15.5. The normalized spacial score (nSPS) is 27.6. The molecule has 2 heteroatoms. The SMILES string of the molecule is Cc1ccc(F)cc1CC1CC(C(C)(C)C)CCC1N. The predicted octanol–water partition coefficient (Wildman–Crippen LogP) is 4.47. The topological polar surface area (TPSA) is 26.0 Å². The molecule has 1 aromatic rings. The molecule has 0 saturated heterocycles. The van der Waals surface area contributed by atoms with Gasteiger partial charge in [0.05, 0.1) is 0 Å². The number of hydrogen-bond donors (Lipinski definition) is 1. The van der Waals surface area contributed by atoms with Gasteiger partial charge < -0.3 is 5.73 Å². The quantitative estimate of drug-likeness (QED) is 0.848. The minimum atomic E-state index is -0.137. The van der Waals surface area contributed by atoms with Crippen LogP contribution < -0.4 is 5.73 Å². The Hall–Kier alpha value is -0.890. The lowest BCUT2D eigenvalue weighted by Gasteiger charge is -2.41. The molecule has 3 atom stereocenters. The average Bonchev–Trinajstić information content (AvgIpc) is 2.35. The standard InChI is InChI=1S/C18H28FN/c1-12-5-7-16(19)11-13(12)9-14-10-15(18(2,3)4)6-8-17(14)20/h5,7,11,14-15,17H,6,8-10,20H2,1-4H3. The monoisotopic (exact) mass is 277 g/mol. The van der Waals surface area contributed by atoms with E-state index in [-0.39, 0.29) is 11.9 Å². The number of hydrogen-bond acceptors (Lipinski definition) is 1. The first-order valence-corrected chi connectivity index (χ1v) is 7.78. The molecule has 1 fully saturated rings. The van der Waals surface area contributed by atoms with Gasteiger partial charge in [0.15, 0.2) is 0 Å².